The van der Waals surface area contributed by atoms with Crippen LogP contribution in [0, 0.1) is 17.6 Å². The molecule has 1 aromatic rings. The topological polar surface area (TPSA) is 29.3 Å². The van der Waals surface area contributed by atoms with E-state index in [1.54, 1.807) is 6.07 Å². The summed E-state index contributed by atoms with van der Waals surface area (Å²) in [5.74, 6) is -1.18. The van der Waals surface area contributed by atoms with Crippen LogP contribution in [0.5, 0.6) is 0 Å². The molecule has 0 saturated carbocycles. The molecule has 1 aliphatic rings. The highest BCUT2D eigenvalue weighted by Gasteiger charge is 2.27. The lowest BCUT2D eigenvalue weighted by atomic mass is 9.93. The standard InChI is InChI=1S/C14H18F2N2S/c1-8-5-6-18(9(2)7-8)11-4-3-10(14(17)19)12(15)13(11)16/h3-4,8-9H,5-7H2,1-2H3,(H2,17,19). The van der Waals surface area contributed by atoms with E-state index < -0.39 is 11.6 Å². The van der Waals surface area contributed by atoms with Crippen molar-refractivity contribution in [2.75, 3.05) is 11.4 Å². The first-order chi connectivity index (χ1) is 8.91. The largest absolute Gasteiger partial charge is 0.389 e. The summed E-state index contributed by atoms with van der Waals surface area (Å²) in [6.45, 7) is 4.96. The predicted molar refractivity (Wildman–Crippen MR) is 77.5 cm³/mol. The molecule has 2 rings (SSSR count). The van der Waals surface area contributed by atoms with Crippen LogP contribution in [0.4, 0.5) is 14.5 Å². The Hall–Kier alpha value is -1.23. The van der Waals surface area contributed by atoms with Gasteiger partial charge in [-0.2, -0.15) is 0 Å². The molecule has 0 amide bonds. The third kappa shape index (κ3) is 2.71. The molecule has 0 spiro atoms. The van der Waals surface area contributed by atoms with Gasteiger partial charge < -0.3 is 10.6 Å². The number of thiocarbonyl (C=S) groups is 1. The molecular formula is C14H18F2N2S. The highest BCUT2D eigenvalue weighted by atomic mass is 32.1. The second-order valence-corrected chi connectivity index (χ2v) is 5.74. The van der Waals surface area contributed by atoms with Gasteiger partial charge in [-0.05, 0) is 37.8 Å². The van der Waals surface area contributed by atoms with Crippen LogP contribution in [-0.2, 0) is 0 Å². The highest BCUT2D eigenvalue weighted by Crippen LogP contribution is 2.31. The minimum absolute atomic E-state index is 0.0331. The number of hydrogen-bond acceptors (Lipinski definition) is 2. The summed E-state index contributed by atoms with van der Waals surface area (Å²) in [7, 11) is 0. The van der Waals surface area contributed by atoms with Crippen LogP contribution in [0.3, 0.4) is 0 Å². The number of anilines is 1. The molecule has 2 unspecified atom stereocenters. The Kier molecular flexibility index (Phi) is 4.04. The van der Waals surface area contributed by atoms with Crippen LogP contribution in [0.2, 0.25) is 0 Å². The first-order valence-corrected chi connectivity index (χ1v) is 6.87. The van der Waals surface area contributed by atoms with Crippen molar-refractivity contribution in [1.29, 1.82) is 0 Å². The molecule has 0 radical (unpaired) electrons. The van der Waals surface area contributed by atoms with E-state index in [2.05, 4.69) is 6.92 Å². The van der Waals surface area contributed by atoms with Crippen LogP contribution < -0.4 is 10.6 Å². The molecule has 1 aliphatic heterocycles. The van der Waals surface area contributed by atoms with Gasteiger partial charge >= 0.3 is 0 Å². The Bertz CT molecular complexity index is 504. The van der Waals surface area contributed by atoms with Crippen LogP contribution >= 0.6 is 12.2 Å². The Morgan fingerprint density at radius 1 is 1.32 bits per heavy atom. The van der Waals surface area contributed by atoms with Crippen molar-refractivity contribution in [3.05, 3.63) is 29.3 Å². The van der Waals surface area contributed by atoms with Gasteiger partial charge in [-0.3, -0.25) is 0 Å². The van der Waals surface area contributed by atoms with Crippen molar-refractivity contribution in [1.82, 2.24) is 0 Å². The van der Waals surface area contributed by atoms with Gasteiger partial charge in [-0.1, -0.05) is 19.1 Å². The molecule has 1 fully saturated rings. The minimum atomic E-state index is -0.948. The maximum atomic E-state index is 14.1. The number of nitrogens with zero attached hydrogens (tertiary/aromatic N) is 1. The Morgan fingerprint density at radius 2 is 2.00 bits per heavy atom. The Labute approximate surface area is 117 Å². The van der Waals surface area contributed by atoms with E-state index in [1.165, 1.54) is 6.07 Å². The summed E-state index contributed by atoms with van der Waals surface area (Å²) in [6, 6.07) is 3.23. The maximum Gasteiger partial charge on any atom is 0.182 e. The van der Waals surface area contributed by atoms with Crippen molar-refractivity contribution in [3.8, 4) is 0 Å². The quantitative estimate of drug-likeness (QED) is 0.846. The van der Waals surface area contributed by atoms with Gasteiger partial charge in [0, 0.05) is 18.2 Å². The lowest BCUT2D eigenvalue weighted by molar-refractivity contribution is 0.373. The number of rotatable bonds is 2. The SMILES string of the molecule is CC1CCN(c2ccc(C(N)=S)c(F)c2F)C(C)C1. The van der Waals surface area contributed by atoms with Gasteiger partial charge in [-0.25, -0.2) is 8.78 Å². The molecule has 104 valence electrons. The van der Waals surface area contributed by atoms with Crippen molar-refractivity contribution >= 4 is 22.9 Å². The number of hydrogen-bond donors (Lipinski definition) is 1. The zero-order valence-electron chi connectivity index (χ0n) is 11.1. The lowest BCUT2D eigenvalue weighted by Crippen LogP contribution is -2.41. The van der Waals surface area contributed by atoms with E-state index in [1.807, 2.05) is 11.8 Å². The zero-order chi connectivity index (χ0) is 14.2. The van der Waals surface area contributed by atoms with Gasteiger partial charge in [-0.15, -0.1) is 0 Å². The molecule has 1 aromatic carbocycles. The third-order valence-electron chi connectivity index (χ3n) is 3.78. The molecule has 19 heavy (non-hydrogen) atoms. The lowest BCUT2D eigenvalue weighted by Gasteiger charge is -2.38. The fourth-order valence-electron chi connectivity index (χ4n) is 2.72. The number of halogens is 2. The van der Waals surface area contributed by atoms with Gasteiger partial charge in [0.05, 0.1) is 5.69 Å². The fourth-order valence-corrected chi connectivity index (χ4v) is 2.87. The fraction of sp³-hybridized carbons (Fsp3) is 0.500. The highest BCUT2D eigenvalue weighted by molar-refractivity contribution is 7.80. The molecule has 0 bridgehead atoms. The minimum Gasteiger partial charge on any atom is -0.389 e. The third-order valence-corrected chi connectivity index (χ3v) is 4.00. The molecule has 5 heteroatoms. The zero-order valence-corrected chi connectivity index (χ0v) is 11.9. The van der Waals surface area contributed by atoms with Gasteiger partial charge in [0.15, 0.2) is 11.6 Å². The summed E-state index contributed by atoms with van der Waals surface area (Å²) < 4.78 is 28.0. The second-order valence-electron chi connectivity index (χ2n) is 5.30. The smallest absolute Gasteiger partial charge is 0.182 e. The number of piperidine rings is 1. The van der Waals surface area contributed by atoms with Gasteiger partial charge in [0.2, 0.25) is 0 Å². The molecule has 0 aliphatic carbocycles. The Balaban J connectivity index is 2.36. The van der Waals surface area contributed by atoms with Crippen molar-refractivity contribution in [3.63, 3.8) is 0 Å². The summed E-state index contributed by atoms with van der Waals surface area (Å²) in [5, 5.41) is 0. The average Bonchev–Trinajstić information content (AvgIpc) is 2.33. The van der Waals surface area contributed by atoms with E-state index in [0.717, 1.165) is 19.4 Å². The predicted octanol–water partition coefficient (Wildman–Crippen LogP) is 3.22. The summed E-state index contributed by atoms with van der Waals surface area (Å²) in [6.07, 6.45) is 1.97. The second kappa shape index (κ2) is 5.41. The molecular weight excluding hydrogens is 266 g/mol. The molecule has 2 nitrogen and oxygen atoms in total. The van der Waals surface area contributed by atoms with Crippen LogP contribution in [0.1, 0.15) is 32.3 Å². The van der Waals surface area contributed by atoms with Crippen molar-refractivity contribution in [2.45, 2.75) is 32.7 Å². The Morgan fingerprint density at radius 3 is 2.58 bits per heavy atom. The van der Waals surface area contributed by atoms with Gasteiger partial charge in [0.25, 0.3) is 0 Å². The maximum absolute atomic E-state index is 14.1. The molecule has 0 aromatic heterocycles. The summed E-state index contributed by atoms with van der Waals surface area (Å²) >= 11 is 4.71. The van der Waals surface area contributed by atoms with Crippen LogP contribution in [-0.4, -0.2) is 17.6 Å². The first-order valence-electron chi connectivity index (χ1n) is 6.46. The molecule has 1 saturated heterocycles. The molecule has 2 N–H and O–H groups in total. The van der Waals surface area contributed by atoms with Crippen molar-refractivity contribution < 1.29 is 8.78 Å². The van der Waals surface area contributed by atoms with E-state index >= 15 is 0 Å². The van der Waals surface area contributed by atoms with Crippen molar-refractivity contribution in [2.24, 2.45) is 11.7 Å². The van der Waals surface area contributed by atoms with E-state index in [0.29, 0.717) is 11.6 Å². The summed E-state index contributed by atoms with van der Waals surface area (Å²) in [4.78, 5) is 1.80. The average molecular weight is 284 g/mol. The van der Waals surface area contributed by atoms with E-state index in [-0.39, 0.29) is 16.6 Å². The van der Waals surface area contributed by atoms with Gasteiger partial charge in [0.1, 0.15) is 4.99 Å². The normalized spacial score (nSPS) is 23.5. The number of nitrogens with two attached hydrogens (primary N) is 1. The molecule has 2 atom stereocenters. The number of benzene rings is 1. The van der Waals surface area contributed by atoms with E-state index in [4.69, 9.17) is 18.0 Å². The van der Waals surface area contributed by atoms with Crippen LogP contribution in [0.25, 0.3) is 0 Å². The first kappa shape index (κ1) is 14.2. The van der Waals surface area contributed by atoms with Crippen LogP contribution in [0.15, 0.2) is 12.1 Å². The monoisotopic (exact) mass is 284 g/mol. The van der Waals surface area contributed by atoms with E-state index in [9.17, 15) is 8.78 Å². The summed E-state index contributed by atoms with van der Waals surface area (Å²) in [5.41, 5.74) is 5.64. The molecule has 1 heterocycles.